The number of carbonyl (C=O) groups is 3. The highest BCUT2D eigenvalue weighted by molar-refractivity contribution is 6.32. The van der Waals surface area contributed by atoms with Crippen molar-refractivity contribution in [1.29, 1.82) is 0 Å². The smallest absolute Gasteiger partial charge is 0.337 e. The molecule has 1 heterocycles. The van der Waals surface area contributed by atoms with E-state index in [1.807, 2.05) is 6.07 Å². The van der Waals surface area contributed by atoms with E-state index in [1.165, 1.54) is 37.8 Å². The second-order valence-electron chi connectivity index (χ2n) is 6.53. The van der Waals surface area contributed by atoms with Crippen LogP contribution in [0.2, 0.25) is 5.02 Å². The van der Waals surface area contributed by atoms with Crippen LogP contribution < -0.4 is 10.6 Å². The van der Waals surface area contributed by atoms with Crippen LogP contribution in [-0.2, 0) is 16.1 Å². The predicted molar refractivity (Wildman–Crippen MR) is 120 cm³/mol. The fourth-order valence-corrected chi connectivity index (χ4v) is 2.94. The lowest BCUT2D eigenvalue weighted by molar-refractivity contribution is -0.116. The van der Waals surface area contributed by atoms with Gasteiger partial charge in [-0.05, 0) is 41.5 Å². The molecule has 0 radical (unpaired) electrons. The van der Waals surface area contributed by atoms with Gasteiger partial charge < -0.3 is 15.4 Å². The van der Waals surface area contributed by atoms with Crippen molar-refractivity contribution < 1.29 is 19.1 Å². The number of benzene rings is 2. The lowest BCUT2D eigenvalue weighted by atomic mass is 10.1. The highest BCUT2D eigenvalue weighted by Gasteiger charge is 2.13. The Morgan fingerprint density at radius 2 is 1.94 bits per heavy atom. The molecule has 0 aliphatic rings. The average molecular weight is 451 g/mol. The molecule has 9 heteroatoms. The first-order valence-electron chi connectivity index (χ1n) is 9.46. The molecule has 0 saturated heterocycles. The van der Waals surface area contributed by atoms with Crippen molar-refractivity contribution in [3.05, 3.63) is 94.5 Å². The molecule has 0 saturated carbocycles. The molecule has 0 aliphatic carbocycles. The Balaban J connectivity index is 1.73. The van der Waals surface area contributed by atoms with Crippen LogP contribution in [0.25, 0.3) is 6.08 Å². The molecule has 0 spiro atoms. The maximum absolute atomic E-state index is 12.4. The third-order valence-electron chi connectivity index (χ3n) is 4.25. The predicted octanol–water partition coefficient (Wildman–Crippen LogP) is 3.50. The van der Waals surface area contributed by atoms with E-state index in [-0.39, 0.29) is 23.7 Å². The molecule has 32 heavy (non-hydrogen) atoms. The zero-order chi connectivity index (χ0) is 22.9. The molecule has 3 rings (SSSR count). The largest absolute Gasteiger partial charge is 0.465 e. The number of carbonyl (C=O) groups excluding carboxylic acids is 3. The van der Waals surface area contributed by atoms with Crippen molar-refractivity contribution in [3.63, 3.8) is 0 Å². The van der Waals surface area contributed by atoms with Crippen LogP contribution in [0.1, 0.15) is 32.0 Å². The summed E-state index contributed by atoms with van der Waals surface area (Å²) in [5.41, 5.74) is 1.99. The normalized spacial score (nSPS) is 10.6. The monoisotopic (exact) mass is 450 g/mol. The van der Waals surface area contributed by atoms with Crippen LogP contribution in [0.3, 0.4) is 0 Å². The minimum atomic E-state index is -0.577. The Hall–Kier alpha value is -4.04. The molecule has 0 unspecified atom stereocenters. The molecule has 2 aromatic carbocycles. The van der Waals surface area contributed by atoms with Crippen molar-refractivity contribution in [2.24, 2.45) is 0 Å². The molecule has 0 aliphatic heterocycles. The van der Waals surface area contributed by atoms with Gasteiger partial charge in [0.1, 0.15) is 5.69 Å². The van der Waals surface area contributed by atoms with Crippen LogP contribution in [-0.4, -0.2) is 34.9 Å². The van der Waals surface area contributed by atoms with Gasteiger partial charge in [0.15, 0.2) is 0 Å². The Labute approximate surface area is 189 Å². The number of hydrogen-bond acceptors (Lipinski definition) is 6. The number of aromatic nitrogens is 2. The summed E-state index contributed by atoms with van der Waals surface area (Å²) in [6.07, 6.45) is 7.15. The van der Waals surface area contributed by atoms with Crippen LogP contribution in [0.4, 0.5) is 5.69 Å². The number of nitrogens with zero attached hydrogens (tertiary/aromatic N) is 2. The molecule has 2 amide bonds. The van der Waals surface area contributed by atoms with Gasteiger partial charge in [0.25, 0.3) is 5.91 Å². The summed E-state index contributed by atoms with van der Waals surface area (Å²) in [4.78, 5) is 44.4. The fraction of sp³-hybridized carbons (Fsp3) is 0.0870. The van der Waals surface area contributed by atoms with Crippen molar-refractivity contribution in [1.82, 2.24) is 15.3 Å². The second-order valence-corrected chi connectivity index (χ2v) is 6.93. The van der Waals surface area contributed by atoms with Crippen molar-refractivity contribution >= 4 is 41.1 Å². The number of nitrogens with one attached hydrogen (secondary N) is 2. The van der Waals surface area contributed by atoms with E-state index in [0.717, 1.165) is 0 Å². The summed E-state index contributed by atoms with van der Waals surface area (Å²) < 4.78 is 4.78. The van der Waals surface area contributed by atoms with Gasteiger partial charge in [-0.2, -0.15) is 0 Å². The topological polar surface area (TPSA) is 110 Å². The van der Waals surface area contributed by atoms with E-state index in [1.54, 1.807) is 36.4 Å². The minimum absolute atomic E-state index is 0.116. The molecule has 0 bridgehead atoms. The lowest BCUT2D eigenvalue weighted by Crippen LogP contribution is -2.21. The van der Waals surface area contributed by atoms with Gasteiger partial charge in [0.05, 0.1) is 18.9 Å². The molecule has 3 aromatic rings. The van der Waals surface area contributed by atoms with Gasteiger partial charge >= 0.3 is 5.97 Å². The number of esters is 1. The van der Waals surface area contributed by atoms with Gasteiger partial charge in [-0.1, -0.05) is 29.8 Å². The first-order chi connectivity index (χ1) is 15.5. The summed E-state index contributed by atoms with van der Waals surface area (Å²) in [5.74, 6) is -1.41. The van der Waals surface area contributed by atoms with Gasteiger partial charge in [0.2, 0.25) is 5.91 Å². The van der Waals surface area contributed by atoms with Crippen LogP contribution >= 0.6 is 11.6 Å². The van der Waals surface area contributed by atoms with Crippen molar-refractivity contribution in [2.75, 3.05) is 12.4 Å². The zero-order valence-electron chi connectivity index (χ0n) is 17.0. The Kier molecular flexibility index (Phi) is 7.66. The van der Waals surface area contributed by atoms with E-state index in [4.69, 9.17) is 16.3 Å². The number of hydrogen-bond donors (Lipinski definition) is 2. The van der Waals surface area contributed by atoms with E-state index in [9.17, 15) is 14.4 Å². The highest BCUT2D eigenvalue weighted by Crippen LogP contribution is 2.18. The molecule has 162 valence electrons. The summed E-state index contributed by atoms with van der Waals surface area (Å²) in [7, 11) is 1.26. The van der Waals surface area contributed by atoms with Crippen LogP contribution in [0.15, 0.2) is 67.1 Å². The number of rotatable bonds is 7. The van der Waals surface area contributed by atoms with E-state index < -0.39 is 11.9 Å². The molecular formula is C23H19ClN4O4. The number of anilines is 1. The Morgan fingerprint density at radius 3 is 2.66 bits per heavy atom. The van der Waals surface area contributed by atoms with Crippen LogP contribution in [0, 0.1) is 0 Å². The maximum atomic E-state index is 12.4. The summed E-state index contributed by atoms with van der Waals surface area (Å²) in [5, 5.41) is 5.93. The molecule has 1 aromatic heterocycles. The SMILES string of the molecule is COC(=O)c1cc(CNC(=O)/C=C/c2ccccc2Cl)cc(NC(=O)c2cnccn2)c1. The maximum Gasteiger partial charge on any atom is 0.337 e. The summed E-state index contributed by atoms with van der Waals surface area (Å²) in [6, 6.07) is 11.8. The quantitative estimate of drug-likeness (QED) is 0.421. The molecule has 2 N–H and O–H groups in total. The fourth-order valence-electron chi connectivity index (χ4n) is 2.74. The lowest BCUT2D eigenvalue weighted by Gasteiger charge is -2.10. The molecule has 0 atom stereocenters. The van der Waals surface area contributed by atoms with Gasteiger partial charge in [0, 0.05) is 35.7 Å². The minimum Gasteiger partial charge on any atom is -0.465 e. The third kappa shape index (κ3) is 6.23. The van der Waals surface area contributed by atoms with E-state index in [0.29, 0.717) is 21.8 Å². The first kappa shape index (κ1) is 22.6. The van der Waals surface area contributed by atoms with Crippen molar-refractivity contribution in [3.8, 4) is 0 Å². The van der Waals surface area contributed by atoms with E-state index >= 15 is 0 Å². The average Bonchev–Trinajstić information content (AvgIpc) is 2.82. The molecule has 0 fully saturated rings. The standard InChI is InChI=1S/C23H19ClN4O4/c1-32-23(31)17-10-15(11-18(12-17)28-22(30)20-14-25-8-9-26-20)13-27-21(29)7-6-16-4-2-3-5-19(16)24/h2-12,14H,13H2,1H3,(H,27,29)(H,28,30)/b7-6+. The number of halogens is 1. The first-order valence-corrected chi connectivity index (χ1v) is 9.84. The van der Waals surface area contributed by atoms with E-state index in [2.05, 4.69) is 20.6 Å². The summed E-state index contributed by atoms with van der Waals surface area (Å²) in [6.45, 7) is 0.116. The van der Waals surface area contributed by atoms with Crippen molar-refractivity contribution in [2.45, 2.75) is 6.54 Å². The third-order valence-corrected chi connectivity index (χ3v) is 4.60. The zero-order valence-corrected chi connectivity index (χ0v) is 17.8. The second kappa shape index (κ2) is 10.8. The van der Waals surface area contributed by atoms with Gasteiger partial charge in [-0.25, -0.2) is 9.78 Å². The van der Waals surface area contributed by atoms with Crippen LogP contribution in [0.5, 0.6) is 0 Å². The number of amides is 2. The summed E-state index contributed by atoms with van der Waals surface area (Å²) >= 11 is 6.08. The van der Waals surface area contributed by atoms with Gasteiger partial charge in [-0.15, -0.1) is 0 Å². The Morgan fingerprint density at radius 1 is 1.12 bits per heavy atom. The van der Waals surface area contributed by atoms with Gasteiger partial charge in [-0.3, -0.25) is 14.6 Å². The Bertz CT molecular complexity index is 1170. The molecule has 8 nitrogen and oxygen atoms in total. The number of ether oxygens (including phenoxy) is 1. The number of methoxy groups -OCH3 is 1. The molecular weight excluding hydrogens is 432 g/mol. The highest BCUT2D eigenvalue weighted by atomic mass is 35.5.